The van der Waals surface area contributed by atoms with Gasteiger partial charge in [-0.15, -0.1) is 11.3 Å². The number of fused-ring (bicyclic) bond motifs is 1. The van der Waals surface area contributed by atoms with Gasteiger partial charge in [0.1, 0.15) is 5.00 Å². The minimum absolute atomic E-state index is 0.0185. The lowest BCUT2D eigenvalue weighted by Gasteiger charge is -2.26. The second-order valence-electron chi connectivity index (χ2n) is 7.75. The molecule has 178 valence electrons. The van der Waals surface area contributed by atoms with Gasteiger partial charge in [-0.3, -0.25) is 4.79 Å². The van der Waals surface area contributed by atoms with Crippen LogP contribution in [-0.4, -0.2) is 57.5 Å². The fourth-order valence-corrected chi connectivity index (χ4v) is 6.93. The van der Waals surface area contributed by atoms with Gasteiger partial charge in [-0.2, -0.15) is 4.31 Å². The molecule has 11 heteroatoms. The van der Waals surface area contributed by atoms with Crippen molar-refractivity contribution in [3.63, 3.8) is 0 Å². The summed E-state index contributed by atoms with van der Waals surface area (Å²) in [7, 11) is -3.80. The number of ether oxygens (including phenoxy) is 2. The molecule has 2 heterocycles. The van der Waals surface area contributed by atoms with Crippen molar-refractivity contribution in [2.75, 3.05) is 38.2 Å². The van der Waals surface area contributed by atoms with Gasteiger partial charge >= 0.3 is 5.97 Å². The van der Waals surface area contributed by atoms with Gasteiger partial charge in [-0.05, 0) is 56.4 Å². The van der Waals surface area contributed by atoms with Crippen molar-refractivity contribution < 1.29 is 27.5 Å². The number of nitrogens with zero attached hydrogens (tertiary/aromatic N) is 1. The Labute approximate surface area is 201 Å². The quantitative estimate of drug-likeness (QED) is 0.592. The molecule has 33 heavy (non-hydrogen) atoms. The van der Waals surface area contributed by atoms with Gasteiger partial charge < -0.3 is 14.8 Å². The van der Waals surface area contributed by atoms with Crippen LogP contribution in [0.1, 0.15) is 50.9 Å². The molecule has 2 aromatic rings. The van der Waals surface area contributed by atoms with Gasteiger partial charge in [0.25, 0.3) is 5.91 Å². The van der Waals surface area contributed by atoms with Crippen molar-refractivity contribution in [2.45, 2.75) is 37.5 Å². The van der Waals surface area contributed by atoms with E-state index in [1.54, 1.807) is 6.92 Å². The van der Waals surface area contributed by atoms with Crippen molar-refractivity contribution >= 4 is 49.8 Å². The summed E-state index contributed by atoms with van der Waals surface area (Å²) in [5.41, 5.74) is 1.33. The fraction of sp³-hybridized carbons (Fsp3) is 0.455. The lowest BCUT2D eigenvalue weighted by Crippen LogP contribution is -2.40. The van der Waals surface area contributed by atoms with E-state index < -0.39 is 21.9 Å². The number of hydrogen-bond donors (Lipinski definition) is 1. The van der Waals surface area contributed by atoms with Gasteiger partial charge in [0.2, 0.25) is 10.0 Å². The Morgan fingerprint density at radius 2 is 1.94 bits per heavy atom. The molecule has 1 N–H and O–H groups in total. The Kier molecular flexibility index (Phi) is 7.40. The first-order valence-corrected chi connectivity index (χ1v) is 13.5. The summed E-state index contributed by atoms with van der Waals surface area (Å²) in [4.78, 5) is 26.9. The van der Waals surface area contributed by atoms with Gasteiger partial charge in [-0.1, -0.05) is 11.6 Å². The molecule has 4 rings (SSSR count). The zero-order valence-electron chi connectivity index (χ0n) is 18.2. The zero-order chi connectivity index (χ0) is 23.6. The van der Waals surface area contributed by atoms with Gasteiger partial charge in [-0.25, -0.2) is 13.2 Å². The Hall–Kier alpha value is -1.98. The van der Waals surface area contributed by atoms with E-state index in [2.05, 4.69) is 5.32 Å². The number of benzene rings is 1. The molecule has 1 aliphatic carbocycles. The van der Waals surface area contributed by atoms with Crippen LogP contribution in [0.5, 0.6) is 0 Å². The average molecular weight is 513 g/mol. The van der Waals surface area contributed by atoms with Crippen molar-refractivity contribution in [1.29, 1.82) is 0 Å². The lowest BCUT2D eigenvalue weighted by atomic mass is 9.95. The van der Waals surface area contributed by atoms with Crippen LogP contribution >= 0.6 is 22.9 Å². The van der Waals surface area contributed by atoms with Crippen molar-refractivity contribution in [3.05, 3.63) is 44.8 Å². The number of carbonyl (C=O) groups is 2. The maximum atomic E-state index is 13.2. The Morgan fingerprint density at radius 3 is 2.67 bits per heavy atom. The number of aryl methyl sites for hydroxylation is 1. The number of thiophene rings is 1. The van der Waals surface area contributed by atoms with Crippen LogP contribution in [0.25, 0.3) is 0 Å². The van der Waals surface area contributed by atoms with E-state index in [4.69, 9.17) is 21.1 Å². The van der Waals surface area contributed by atoms with Gasteiger partial charge in [0, 0.05) is 18.0 Å². The number of rotatable bonds is 6. The van der Waals surface area contributed by atoms with Crippen LogP contribution < -0.4 is 5.32 Å². The monoisotopic (exact) mass is 512 g/mol. The van der Waals surface area contributed by atoms with Crippen molar-refractivity contribution in [3.8, 4) is 0 Å². The highest BCUT2D eigenvalue weighted by Gasteiger charge is 2.30. The first-order valence-electron chi connectivity index (χ1n) is 10.8. The standard InChI is InChI=1S/C22H25ClN2O6S2/c1-2-31-22(27)19-15-5-3-4-6-18(15)32-21(19)24-20(26)16-13-14(7-8-17(16)23)33(28,29)25-9-11-30-12-10-25/h7-8,13H,2-6,9-12H2,1H3,(H,24,26). The van der Waals surface area contributed by atoms with Crippen molar-refractivity contribution in [1.82, 2.24) is 4.31 Å². The molecule has 0 unspecified atom stereocenters. The minimum atomic E-state index is -3.80. The first kappa shape index (κ1) is 24.2. The molecule has 1 saturated heterocycles. The number of morpholine rings is 1. The third-order valence-electron chi connectivity index (χ3n) is 5.67. The SMILES string of the molecule is CCOC(=O)c1c(NC(=O)c2cc(S(=O)(=O)N3CCOCC3)ccc2Cl)sc2c1CCCC2. The van der Waals surface area contributed by atoms with E-state index in [0.717, 1.165) is 36.1 Å². The fourth-order valence-electron chi connectivity index (χ4n) is 4.02. The average Bonchev–Trinajstić information content (AvgIpc) is 3.17. The number of sulfonamides is 1. The van der Waals surface area contributed by atoms with E-state index in [9.17, 15) is 18.0 Å². The molecule has 2 aliphatic rings. The molecule has 1 aromatic carbocycles. The molecular weight excluding hydrogens is 488 g/mol. The highest BCUT2D eigenvalue weighted by Crippen LogP contribution is 2.39. The Morgan fingerprint density at radius 1 is 1.21 bits per heavy atom. The maximum Gasteiger partial charge on any atom is 0.341 e. The zero-order valence-corrected chi connectivity index (χ0v) is 20.6. The largest absolute Gasteiger partial charge is 0.462 e. The number of halogens is 1. The number of nitrogens with one attached hydrogen (secondary N) is 1. The third-order valence-corrected chi connectivity index (χ3v) is 9.10. The molecular formula is C22H25ClN2O6S2. The first-order chi connectivity index (χ1) is 15.8. The van der Waals surface area contributed by atoms with Crippen LogP contribution in [0.4, 0.5) is 5.00 Å². The lowest BCUT2D eigenvalue weighted by molar-refractivity contribution is 0.0526. The summed E-state index contributed by atoms with van der Waals surface area (Å²) >= 11 is 7.63. The molecule has 1 amide bonds. The molecule has 0 saturated carbocycles. The van der Waals surface area contributed by atoms with E-state index in [1.165, 1.54) is 33.8 Å². The second-order valence-corrected chi connectivity index (χ2v) is 11.2. The van der Waals surface area contributed by atoms with E-state index in [-0.39, 0.29) is 35.2 Å². The molecule has 0 radical (unpaired) electrons. The normalized spacial score (nSPS) is 16.8. The highest BCUT2D eigenvalue weighted by atomic mass is 35.5. The van der Waals surface area contributed by atoms with Crippen LogP contribution in [0.2, 0.25) is 5.02 Å². The molecule has 0 bridgehead atoms. The van der Waals surface area contributed by atoms with Gasteiger partial charge in [0.15, 0.2) is 0 Å². The molecule has 0 spiro atoms. The van der Waals surface area contributed by atoms with Crippen LogP contribution in [-0.2, 0) is 32.3 Å². The second kappa shape index (κ2) is 10.1. The molecule has 8 nitrogen and oxygen atoms in total. The maximum absolute atomic E-state index is 13.2. The summed E-state index contributed by atoms with van der Waals surface area (Å²) < 4.78 is 37.8. The number of amides is 1. The third kappa shape index (κ3) is 4.95. The molecule has 1 aliphatic heterocycles. The molecule has 1 fully saturated rings. The molecule has 1 aromatic heterocycles. The number of esters is 1. The number of carbonyl (C=O) groups excluding carboxylic acids is 2. The summed E-state index contributed by atoms with van der Waals surface area (Å²) in [6.45, 7) is 3.09. The highest BCUT2D eigenvalue weighted by molar-refractivity contribution is 7.89. The predicted molar refractivity (Wildman–Crippen MR) is 126 cm³/mol. The Bertz CT molecular complexity index is 1170. The van der Waals surface area contributed by atoms with Gasteiger partial charge in [0.05, 0.1) is 40.9 Å². The number of anilines is 1. The Balaban J connectivity index is 1.65. The van der Waals surface area contributed by atoms with Crippen molar-refractivity contribution in [2.24, 2.45) is 0 Å². The predicted octanol–water partition coefficient (Wildman–Crippen LogP) is 3.73. The van der Waals surface area contributed by atoms with E-state index in [1.807, 2.05) is 0 Å². The summed E-state index contributed by atoms with van der Waals surface area (Å²) in [5, 5.41) is 3.31. The summed E-state index contributed by atoms with van der Waals surface area (Å²) in [6.07, 6.45) is 3.59. The van der Waals surface area contributed by atoms with Crippen LogP contribution in [0.15, 0.2) is 23.1 Å². The summed E-state index contributed by atoms with van der Waals surface area (Å²) in [5.74, 6) is -1.05. The minimum Gasteiger partial charge on any atom is -0.462 e. The molecule has 0 atom stereocenters. The van der Waals surface area contributed by atoms with Crippen LogP contribution in [0, 0.1) is 0 Å². The van der Waals surface area contributed by atoms with E-state index >= 15 is 0 Å². The van der Waals surface area contributed by atoms with Crippen LogP contribution in [0.3, 0.4) is 0 Å². The van der Waals surface area contributed by atoms with E-state index in [0.29, 0.717) is 23.8 Å². The topological polar surface area (TPSA) is 102 Å². The smallest absolute Gasteiger partial charge is 0.341 e. The summed E-state index contributed by atoms with van der Waals surface area (Å²) in [6, 6.07) is 4.06. The number of hydrogen-bond acceptors (Lipinski definition) is 7.